The number of nitrogens with two attached hydrogens (primary N) is 1. The van der Waals surface area contributed by atoms with Crippen LogP contribution in [0.3, 0.4) is 0 Å². The third kappa shape index (κ3) is 2.90. The summed E-state index contributed by atoms with van der Waals surface area (Å²) in [6.07, 6.45) is 4.78. The first kappa shape index (κ1) is 13.3. The summed E-state index contributed by atoms with van der Waals surface area (Å²) >= 11 is 1.12. The molecule has 1 aromatic heterocycles. The molecule has 0 aromatic carbocycles. The fourth-order valence-electron chi connectivity index (χ4n) is 2.02. The fourth-order valence-corrected chi connectivity index (χ4v) is 2.43. The van der Waals surface area contributed by atoms with Gasteiger partial charge in [-0.15, -0.1) is 17.5 Å². The number of halogens is 1. The molecular formula is C9H15ClN4OS. The minimum atomic E-state index is -0.0737. The highest BCUT2D eigenvalue weighted by molar-refractivity contribution is 7.07. The van der Waals surface area contributed by atoms with Gasteiger partial charge in [0.15, 0.2) is 0 Å². The predicted octanol–water partition coefficient (Wildman–Crippen LogP) is 0.817. The average Bonchev–Trinajstić information content (AvgIpc) is 2.87. The fraction of sp³-hybridized carbons (Fsp3) is 0.667. The summed E-state index contributed by atoms with van der Waals surface area (Å²) in [4.78, 5) is 12.3. The molecule has 0 bridgehead atoms. The van der Waals surface area contributed by atoms with Gasteiger partial charge in [0.2, 0.25) is 0 Å². The zero-order valence-corrected chi connectivity index (χ0v) is 10.4. The van der Waals surface area contributed by atoms with Gasteiger partial charge in [0, 0.05) is 6.04 Å². The Bertz CT molecular complexity index is 332. The number of amides is 1. The first-order chi connectivity index (χ1) is 7.31. The van der Waals surface area contributed by atoms with E-state index in [4.69, 9.17) is 5.73 Å². The molecule has 1 fully saturated rings. The summed E-state index contributed by atoms with van der Waals surface area (Å²) < 4.78 is 3.66. The Labute approximate surface area is 104 Å². The topological polar surface area (TPSA) is 80.9 Å². The smallest absolute Gasteiger partial charge is 0.264 e. The maximum Gasteiger partial charge on any atom is 0.264 e. The van der Waals surface area contributed by atoms with Crippen molar-refractivity contribution < 1.29 is 4.79 Å². The molecule has 1 aliphatic carbocycles. The summed E-state index contributed by atoms with van der Waals surface area (Å²) in [6.45, 7) is 0.645. The Morgan fingerprint density at radius 2 is 2.44 bits per heavy atom. The summed E-state index contributed by atoms with van der Waals surface area (Å²) in [7, 11) is 0. The molecule has 0 spiro atoms. The van der Waals surface area contributed by atoms with Crippen LogP contribution in [0.1, 0.15) is 28.9 Å². The first-order valence-corrected chi connectivity index (χ1v) is 5.87. The lowest BCUT2D eigenvalue weighted by Gasteiger charge is -2.18. The van der Waals surface area contributed by atoms with Crippen LogP contribution in [0.4, 0.5) is 0 Å². The minimum Gasteiger partial charge on any atom is -0.348 e. The molecule has 0 radical (unpaired) electrons. The molecule has 1 aliphatic rings. The van der Waals surface area contributed by atoms with Crippen LogP contribution in [-0.4, -0.2) is 28.1 Å². The quantitative estimate of drug-likeness (QED) is 0.845. The Balaban J connectivity index is 0.00000128. The normalized spacial score (nSPS) is 23.8. The number of hydrogen-bond acceptors (Lipinski definition) is 5. The summed E-state index contributed by atoms with van der Waals surface area (Å²) in [5.41, 5.74) is 5.65. The van der Waals surface area contributed by atoms with Crippen LogP contribution >= 0.6 is 23.9 Å². The summed E-state index contributed by atoms with van der Waals surface area (Å²) in [5, 5.41) is 6.63. The number of hydrogen-bond donors (Lipinski definition) is 2. The van der Waals surface area contributed by atoms with E-state index in [2.05, 4.69) is 14.9 Å². The van der Waals surface area contributed by atoms with Crippen LogP contribution in [0.25, 0.3) is 0 Å². The van der Waals surface area contributed by atoms with Crippen molar-refractivity contribution in [2.75, 3.05) is 6.54 Å². The van der Waals surface area contributed by atoms with Crippen molar-refractivity contribution in [3.63, 3.8) is 0 Å². The molecule has 2 unspecified atom stereocenters. The SMILES string of the molecule is Cl.NCC1CCCC1NC(=O)c1cnns1. The van der Waals surface area contributed by atoms with Crippen LogP contribution < -0.4 is 11.1 Å². The lowest BCUT2D eigenvalue weighted by atomic mass is 10.0. The van der Waals surface area contributed by atoms with Crippen LogP contribution in [0.2, 0.25) is 0 Å². The molecule has 0 aliphatic heterocycles. The predicted molar refractivity (Wildman–Crippen MR) is 64.8 cm³/mol. The lowest BCUT2D eigenvalue weighted by Crippen LogP contribution is -2.39. The largest absolute Gasteiger partial charge is 0.348 e. The van der Waals surface area contributed by atoms with Crippen LogP contribution in [-0.2, 0) is 0 Å². The van der Waals surface area contributed by atoms with E-state index in [-0.39, 0.29) is 24.4 Å². The minimum absolute atomic E-state index is 0. The van der Waals surface area contributed by atoms with Crippen molar-refractivity contribution in [2.45, 2.75) is 25.3 Å². The van der Waals surface area contributed by atoms with Crippen molar-refractivity contribution in [1.82, 2.24) is 14.9 Å². The van der Waals surface area contributed by atoms with E-state index in [1.807, 2.05) is 0 Å². The van der Waals surface area contributed by atoms with E-state index in [1.165, 1.54) is 6.20 Å². The van der Waals surface area contributed by atoms with Gasteiger partial charge in [-0.3, -0.25) is 4.79 Å². The summed E-state index contributed by atoms with van der Waals surface area (Å²) in [6, 6.07) is 0.226. The van der Waals surface area contributed by atoms with E-state index < -0.39 is 0 Å². The Kier molecular flexibility index (Phi) is 5.11. The zero-order chi connectivity index (χ0) is 10.7. The van der Waals surface area contributed by atoms with E-state index in [0.717, 1.165) is 30.8 Å². The molecule has 1 heterocycles. The highest BCUT2D eigenvalue weighted by Gasteiger charge is 2.27. The van der Waals surface area contributed by atoms with Crippen LogP contribution in [0.15, 0.2) is 6.20 Å². The molecule has 2 atom stereocenters. The molecule has 2 rings (SSSR count). The first-order valence-electron chi connectivity index (χ1n) is 5.09. The molecule has 7 heteroatoms. The molecule has 1 aromatic rings. The standard InChI is InChI=1S/C9H14N4OS.ClH/c10-4-6-2-1-3-7(6)12-9(14)8-5-11-13-15-8;/h5-7H,1-4,10H2,(H,12,14);1H. The third-order valence-electron chi connectivity index (χ3n) is 2.86. The van der Waals surface area contributed by atoms with E-state index >= 15 is 0 Å². The van der Waals surface area contributed by atoms with E-state index in [9.17, 15) is 4.79 Å². The monoisotopic (exact) mass is 262 g/mol. The maximum absolute atomic E-state index is 11.7. The summed E-state index contributed by atoms with van der Waals surface area (Å²) in [5.74, 6) is 0.352. The second-order valence-corrected chi connectivity index (χ2v) is 4.57. The third-order valence-corrected chi connectivity index (χ3v) is 3.53. The number of aromatic nitrogens is 2. The van der Waals surface area contributed by atoms with Gasteiger partial charge in [-0.25, -0.2) is 0 Å². The van der Waals surface area contributed by atoms with E-state index in [0.29, 0.717) is 17.3 Å². The maximum atomic E-state index is 11.7. The van der Waals surface area contributed by atoms with Crippen molar-refractivity contribution in [3.05, 3.63) is 11.1 Å². The number of nitrogens with zero attached hydrogens (tertiary/aromatic N) is 2. The molecule has 16 heavy (non-hydrogen) atoms. The van der Waals surface area contributed by atoms with Gasteiger partial charge in [-0.1, -0.05) is 10.9 Å². The Hall–Kier alpha value is -0.720. The zero-order valence-electron chi connectivity index (χ0n) is 8.76. The van der Waals surface area contributed by atoms with Crippen LogP contribution in [0, 0.1) is 5.92 Å². The van der Waals surface area contributed by atoms with Crippen molar-refractivity contribution in [3.8, 4) is 0 Å². The molecule has 1 amide bonds. The van der Waals surface area contributed by atoms with Gasteiger partial charge in [-0.2, -0.15) is 0 Å². The van der Waals surface area contributed by atoms with Crippen molar-refractivity contribution in [1.29, 1.82) is 0 Å². The molecular weight excluding hydrogens is 248 g/mol. The Morgan fingerprint density at radius 3 is 3.06 bits per heavy atom. The van der Waals surface area contributed by atoms with Gasteiger partial charge in [0.05, 0.1) is 6.20 Å². The molecule has 1 saturated carbocycles. The van der Waals surface area contributed by atoms with Gasteiger partial charge in [-0.05, 0) is 36.8 Å². The van der Waals surface area contributed by atoms with Gasteiger partial charge in [0.1, 0.15) is 4.88 Å². The van der Waals surface area contributed by atoms with Crippen molar-refractivity contribution >= 4 is 29.8 Å². The van der Waals surface area contributed by atoms with Gasteiger partial charge >= 0.3 is 0 Å². The number of carbonyl (C=O) groups is 1. The van der Waals surface area contributed by atoms with Gasteiger partial charge < -0.3 is 11.1 Å². The van der Waals surface area contributed by atoms with Crippen molar-refractivity contribution in [2.24, 2.45) is 11.7 Å². The number of carbonyl (C=O) groups excluding carboxylic acids is 1. The highest BCUT2D eigenvalue weighted by atomic mass is 35.5. The average molecular weight is 263 g/mol. The van der Waals surface area contributed by atoms with E-state index in [1.54, 1.807) is 0 Å². The molecule has 5 nitrogen and oxygen atoms in total. The lowest BCUT2D eigenvalue weighted by molar-refractivity contribution is 0.0932. The second-order valence-electron chi connectivity index (χ2n) is 3.79. The molecule has 90 valence electrons. The number of rotatable bonds is 3. The molecule has 0 saturated heterocycles. The second kappa shape index (κ2) is 6.12. The van der Waals surface area contributed by atoms with Gasteiger partial charge in [0.25, 0.3) is 5.91 Å². The van der Waals surface area contributed by atoms with Crippen LogP contribution in [0.5, 0.6) is 0 Å². The Morgan fingerprint density at radius 1 is 1.62 bits per heavy atom. The highest BCUT2D eigenvalue weighted by Crippen LogP contribution is 2.24. The molecule has 3 N–H and O–H groups in total. The number of nitrogens with one attached hydrogen (secondary N) is 1.